The molecule has 4 nitrogen and oxygen atoms in total. The topological polar surface area (TPSA) is 64.3 Å². The van der Waals surface area contributed by atoms with E-state index < -0.39 is 11.9 Å². The van der Waals surface area contributed by atoms with Crippen LogP contribution in [0.5, 0.6) is 5.75 Å². The molecule has 0 radical (unpaired) electrons. The average molecular weight is 337 g/mol. The van der Waals surface area contributed by atoms with E-state index in [1.54, 1.807) is 31.2 Å². The third-order valence-corrected chi connectivity index (χ3v) is 3.70. The molecule has 0 saturated carbocycles. The maximum absolute atomic E-state index is 13.1. The number of nitrogens with two attached hydrogens (primary N) is 1. The van der Waals surface area contributed by atoms with Gasteiger partial charge in [-0.2, -0.15) is 0 Å². The molecule has 122 valence electrons. The Bertz CT molecular complexity index is 694. The first-order valence-electron chi connectivity index (χ1n) is 7.14. The highest BCUT2D eigenvalue weighted by molar-refractivity contribution is 6.31. The number of carbonyl (C=O) groups excluding carboxylic acids is 1. The standard InChI is InChI=1S/C17H18ClFN2O2/c1-11(17(20)22)21-9-13-5-6-15(8-16(13)18)23-10-12-3-2-4-14(19)7-12/h2-8,11,21H,9-10H2,1H3,(H2,20,22)/t11-/m0/s1. The summed E-state index contributed by atoms with van der Waals surface area (Å²) in [7, 11) is 0. The second-order valence-corrected chi connectivity index (χ2v) is 5.58. The van der Waals surface area contributed by atoms with Gasteiger partial charge in [0.2, 0.25) is 5.91 Å². The van der Waals surface area contributed by atoms with Crippen molar-refractivity contribution < 1.29 is 13.9 Å². The van der Waals surface area contributed by atoms with Crippen LogP contribution >= 0.6 is 11.6 Å². The van der Waals surface area contributed by atoms with Gasteiger partial charge in [-0.25, -0.2) is 4.39 Å². The lowest BCUT2D eigenvalue weighted by atomic mass is 10.2. The van der Waals surface area contributed by atoms with Crippen LogP contribution in [0.4, 0.5) is 4.39 Å². The van der Waals surface area contributed by atoms with Crippen LogP contribution < -0.4 is 15.8 Å². The van der Waals surface area contributed by atoms with Crippen molar-refractivity contribution in [3.05, 3.63) is 64.4 Å². The summed E-state index contributed by atoms with van der Waals surface area (Å²) in [6.07, 6.45) is 0. The molecular weight excluding hydrogens is 319 g/mol. The van der Waals surface area contributed by atoms with Gasteiger partial charge in [0, 0.05) is 11.6 Å². The Morgan fingerprint density at radius 1 is 1.35 bits per heavy atom. The SMILES string of the molecule is C[C@H](NCc1ccc(OCc2cccc(F)c2)cc1Cl)C(N)=O. The van der Waals surface area contributed by atoms with Crippen molar-refractivity contribution in [2.75, 3.05) is 0 Å². The summed E-state index contributed by atoms with van der Waals surface area (Å²) in [4.78, 5) is 11.0. The van der Waals surface area contributed by atoms with E-state index in [1.807, 2.05) is 6.07 Å². The molecule has 2 aromatic carbocycles. The van der Waals surface area contributed by atoms with Gasteiger partial charge in [-0.05, 0) is 42.3 Å². The number of rotatable bonds is 7. The Hall–Kier alpha value is -2.11. The van der Waals surface area contributed by atoms with Crippen LogP contribution in [0.2, 0.25) is 5.02 Å². The number of amides is 1. The molecule has 1 amide bonds. The Morgan fingerprint density at radius 2 is 2.13 bits per heavy atom. The molecule has 0 aliphatic carbocycles. The van der Waals surface area contributed by atoms with E-state index in [1.165, 1.54) is 12.1 Å². The molecule has 0 heterocycles. The first-order chi connectivity index (χ1) is 11.0. The molecule has 2 aromatic rings. The third kappa shape index (κ3) is 5.23. The van der Waals surface area contributed by atoms with Crippen LogP contribution in [0.15, 0.2) is 42.5 Å². The highest BCUT2D eigenvalue weighted by Gasteiger charge is 2.09. The molecule has 1 atom stereocenters. The Morgan fingerprint density at radius 3 is 2.78 bits per heavy atom. The molecule has 0 bridgehead atoms. The number of nitrogens with one attached hydrogen (secondary N) is 1. The number of hydrogen-bond donors (Lipinski definition) is 2. The summed E-state index contributed by atoms with van der Waals surface area (Å²) in [5.41, 5.74) is 6.76. The zero-order chi connectivity index (χ0) is 16.8. The van der Waals surface area contributed by atoms with Gasteiger partial charge in [0.1, 0.15) is 18.2 Å². The van der Waals surface area contributed by atoms with E-state index >= 15 is 0 Å². The van der Waals surface area contributed by atoms with E-state index in [2.05, 4.69) is 5.32 Å². The molecule has 0 aromatic heterocycles. The van der Waals surface area contributed by atoms with Crippen LogP contribution in [-0.2, 0) is 17.9 Å². The van der Waals surface area contributed by atoms with E-state index in [-0.39, 0.29) is 12.4 Å². The molecule has 23 heavy (non-hydrogen) atoms. The van der Waals surface area contributed by atoms with E-state index in [0.717, 1.165) is 11.1 Å². The van der Waals surface area contributed by atoms with Crippen molar-refractivity contribution in [1.82, 2.24) is 5.32 Å². The fraction of sp³-hybridized carbons (Fsp3) is 0.235. The van der Waals surface area contributed by atoms with Crippen LogP contribution in [-0.4, -0.2) is 11.9 Å². The monoisotopic (exact) mass is 336 g/mol. The number of carbonyl (C=O) groups is 1. The molecule has 3 N–H and O–H groups in total. The second-order valence-electron chi connectivity index (χ2n) is 5.18. The highest BCUT2D eigenvalue weighted by Crippen LogP contribution is 2.23. The maximum Gasteiger partial charge on any atom is 0.234 e. The number of benzene rings is 2. The lowest BCUT2D eigenvalue weighted by Crippen LogP contribution is -2.38. The van der Waals surface area contributed by atoms with E-state index in [0.29, 0.717) is 17.3 Å². The number of hydrogen-bond acceptors (Lipinski definition) is 3. The lowest BCUT2D eigenvalue weighted by molar-refractivity contribution is -0.119. The van der Waals surface area contributed by atoms with Crippen LogP contribution in [0.3, 0.4) is 0 Å². The summed E-state index contributed by atoms with van der Waals surface area (Å²) in [5, 5.41) is 3.50. The number of primary amides is 1. The van der Waals surface area contributed by atoms with Crippen molar-refractivity contribution in [3.8, 4) is 5.75 Å². The molecule has 0 aliphatic heterocycles. The van der Waals surface area contributed by atoms with Crippen LogP contribution in [0, 0.1) is 5.82 Å². The maximum atomic E-state index is 13.1. The molecule has 0 fully saturated rings. The van der Waals surface area contributed by atoms with Crippen LogP contribution in [0.25, 0.3) is 0 Å². The van der Waals surface area contributed by atoms with Gasteiger partial charge in [0.15, 0.2) is 0 Å². The number of halogens is 2. The largest absolute Gasteiger partial charge is 0.489 e. The van der Waals surface area contributed by atoms with E-state index in [4.69, 9.17) is 22.1 Å². The highest BCUT2D eigenvalue weighted by atomic mass is 35.5. The summed E-state index contributed by atoms with van der Waals surface area (Å²) in [5.74, 6) is -0.128. The van der Waals surface area contributed by atoms with Gasteiger partial charge in [0.25, 0.3) is 0 Å². The molecule has 0 aliphatic rings. The number of ether oxygens (including phenoxy) is 1. The summed E-state index contributed by atoms with van der Waals surface area (Å²) in [6, 6.07) is 11.1. The summed E-state index contributed by atoms with van der Waals surface area (Å²) >= 11 is 6.20. The minimum atomic E-state index is -0.435. The van der Waals surface area contributed by atoms with Crippen LogP contribution in [0.1, 0.15) is 18.1 Å². The lowest BCUT2D eigenvalue weighted by Gasteiger charge is -2.12. The zero-order valence-corrected chi connectivity index (χ0v) is 13.4. The minimum absolute atomic E-state index is 0.254. The van der Waals surface area contributed by atoms with Crippen molar-refractivity contribution >= 4 is 17.5 Å². The first-order valence-corrected chi connectivity index (χ1v) is 7.52. The molecular formula is C17H18ClFN2O2. The Labute approximate surface area is 139 Å². The van der Waals surface area contributed by atoms with Crippen molar-refractivity contribution in [3.63, 3.8) is 0 Å². The predicted octanol–water partition coefficient (Wildman–Crippen LogP) is 3.02. The normalized spacial score (nSPS) is 12.0. The van der Waals surface area contributed by atoms with Crippen molar-refractivity contribution in [2.45, 2.75) is 26.1 Å². The quantitative estimate of drug-likeness (QED) is 0.817. The van der Waals surface area contributed by atoms with Gasteiger partial charge in [0.05, 0.1) is 6.04 Å². The molecule has 0 unspecified atom stereocenters. The van der Waals surface area contributed by atoms with Crippen molar-refractivity contribution in [1.29, 1.82) is 0 Å². The smallest absolute Gasteiger partial charge is 0.234 e. The van der Waals surface area contributed by atoms with Gasteiger partial charge in [-0.15, -0.1) is 0 Å². The molecule has 0 saturated heterocycles. The fourth-order valence-electron chi connectivity index (χ4n) is 1.92. The Balaban J connectivity index is 1.94. The van der Waals surface area contributed by atoms with Gasteiger partial charge in [-0.1, -0.05) is 29.8 Å². The van der Waals surface area contributed by atoms with Crippen molar-refractivity contribution in [2.24, 2.45) is 5.73 Å². The predicted molar refractivity (Wildman–Crippen MR) is 87.7 cm³/mol. The van der Waals surface area contributed by atoms with Gasteiger partial charge < -0.3 is 15.8 Å². The summed E-state index contributed by atoms with van der Waals surface area (Å²) < 4.78 is 18.7. The first kappa shape index (κ1) is 17.2. The molecule has 0 spiro atoms. The summed E-state index contributed by atoms with van der Waals surface area (Å²) in [6.45, 7) is 2.37. The third-order valence-electron chi connectivity index (χ3n) is 3.34. The van der Waals surface area contributed by atoms with E-state index in [9.17, 15) is 9.18 Å². The Kier molecular flexibility index (Phi) is 5.96. The van der Waals surface area contributed by atoms with Gasteiger partial charge in [-0.3, -0.25) is 4.79 Å². The second kappa shape index (κ2) is 7.94. The average Bonchev–Trinajstić information content (AvgIpc) is 2.51. The fourth-order valence-corrected chi connectivity index (χ4v) is 2.16. The zero-order valence-electron chi connectivity index (χ0n) is 12.7. The minimum Gasteiger partial charge on any atom is -0.489 e. The molecule has 2 rings (SSSR count). The van der Waals surface area contributed by atoms with Gasteiger partial charge >= 0.3 is 0 Å². The molecule has 6 heteroatoms.